The number of hydrogen-bond acceptors (Lipinski definition) is 5. The van der Waals surface area contributed by atoms with Crippen LogP contribution in [0.4, 0.5) is 0 Å². The van der Waals surface area contributed by atoms with Crippen molar-refractivity contribution in [1.82, 2.24) is 0 Å². The fraction of sp³-hybridized carbons (Fsp3) is 1.00. The Bertz CT molecular complexity index is 217. The van der Waals surface area contributed by atoms with Gasteiger partial charge in [0.2, 0.25) is 0 Å². The van der Waals surface area contributed by atoms with Crippen LogP contribution < -0.4 is 0 Å². The highest BCUT2D eigenvalue weighted by molar-refractivity contribution is 6.69. The largest absolute Gasteiger partial charge is 0.391 e. The lowest BCUT2D eigenvalue weighted by molar-refractivity contribution is -0.270. The third-order valence-corrected chi connectivity index (χ3v) is 3.22. The Kier molecular flexibility index (Phi) is 3.91. The van der Waals surface area contributed by atoms with Crippen molar-refractivity contribution >= 4 is 8.32 Å². The van der Waals surface area contributed by atoms with Crippen LogP contribution >= 0.6 is 0 Å². The van der Waals surface area contributed by atoms with Crippen LogP contribution in [0.5, 0.6) is 0 Å². The van der Waals surface area contributed by atoms with Crippen LogP contribution in [0.3, 0.4) is 0 Å². The summed E-state index contributed by atoms with van der Waals surface area (Å²) in [7, 11) is -1.85. The molecule has 5 nitrogen and oxygen atoms in total. The number of ether oxygens (including phenoxy) is 1. The second-order valence-electron chi connectivity index (χ2n) is 4.91. The van der Waals surface area contributed by atoms with E-state index in [0.717, 1.165) is 0 Å². The van der Waals surface area contributed by atoms with E-state index in [1.165, 1.54) is 0 Å². The van der Waals surface area contributed by atoms with Crippen LogP contribution in [-0.2, 0) is 9.16 Å². The molecule has 1 aliphatic heterocycles. The van der Waals surface area contributed by atoms with E-state index < -0.39 is 39.0 Å². The van der Waals surface area contributed by atoms with Crippen LogP contribution in [0.25, 0.3) is 0 Å². The molecule has 15 heavy (non-hydrogen) atoms. The average Bonchev–Trinajstić information content (AvgIpc) is 2.08. The zero-order valence-corrected chi connectivity index (χ0v) is 10.5. The Morgan fingerprint density at radius 1 is 1.00 bits per heavy atom. The average molecular weight is 236 g/mol. The number of rotatable bonds is 2. The van der Waals surface area contributed by atoms with E-state index in [-0.39, 0.29) is 0 Å². The maximum atomic E-state index is 9.65. The van der Waals surface area contributed by atoms with Gasteiger partial charge < -0.3 is 24.5 Å². The Balaban J connectivity index is 2.67. The lowest BCUT2D eigenvalue weighted by atomic mass is 10.0. The predicted molar refractivity (Wildman–Crippen MR) is 56.8 cm³/mol. The first-order valence-corrected chi connectivity index (χ1v) is 8.50. The van der Waals surface area contributed by atoms with Crippen LogP contribution in [0.15, 0.2) is 0 Å². The molecule has 6 heteroatoms. The summed E-state index contributed by atoms with van der Waals surface area (Å²) in [6, 6.07) is 0. The number of aliphatic hydroxyl groups excluding tert-OH is 3. The van der Waals surface area contributed by atoms with Crippen molar-refractivity contribution in [1.29, 1.82) is 0 Å². The molecule has 3 N–H and O–H groups in total. The van der Waals surface area contributed by atoms with Gasteiger partial charge in [0, 0.05) is 0 Å². The van der Waals surface area contributed by atoms with E-state index in [4.69, 9.17) is 9.16 Å². The quantitative estimate of drug-likeness (QED) is 0.572. The summed E-state index contributed by atoms with van der Waals surface area (Å²) in [5.74, 6) is 0. The molecular formula is C9H20O5Si. The minimum atomic E-state index is -1.85. The molecule has 0 amide bonds. The summed E-state index contributed by atoms with van der Waals surface area (Å²) in [6.07, 6.45) is -4.85. The topological polar surface area (TPSA) is 79.2 Å². The monoisotopic (exact) mass is 236 g/mol. The Labute approximate surface area is 90.8 Å². The molecule has 5 atom stereocenters. The molecule has 1 saturated heterocycles. The number of aliphatic hydroxyl groups is 3. The van der Waals surface area contributed by atoms with Crippen molar-refractivity contribution in [2.24, 2.45) is 0 Å². The second kappa shape index (κ2) is 4.48. The maximum Gasteiger partial charge on any atom is 0.187 e. The van der Waals surface area contributed by atoms with Crippen molar-refractivity contribution in [2.45, 2.75) is 57.3 Å². The molecule has 0 unspecified atom stereocenters. The lowest BCUT2D eigenvalue weighted by Gasteiger charge is -2.41. The summed E-state index contributed by atoms with van der Waals surface area (Å²) in [6.45, 7) is 7.53. The third kappa shape index (κ3) is 3.23. The van der Waals surface area contributed by atoms with Gasteiger partial charge in [-0.1, -0.05) is 0 Å². The number of hydrogen-bond donors (Lipinski definition) is 3. The SMILES string of the molecule is C[C@@H]1O[C@H](O[Si](C)(C)C)[C@H](O)[C@H](O)[C@H]1O. The zero-order chi connectivity index (χ0) is 11.8. The van der Waals surface area contributed by atoms with E-state index in [1.54, 1.807) is 6.92 Å². The van der Waals surface area contributed by atoms with Gasteiger partial charge in [-0.3, -0.25) is 0 Å². The Morgan fingerprint density at radius 2 is 1.53 bits per heavy atom. The molecule has 0 aromatic carbocycles. The molecule has 0 aromatic heterocycles. The first-order valence-electron chi connectivity index (χ1n) is 5.10. The molecule has 90 valence electrons. The fourth-order valence-electron chi connectivity index (χ4n) is 1.46. The summed E-state index contributed by atoms with van der Waals surface area (Å²) in [4.78, 5) is 0. The highest BCUT2D eigenvalue weighted by atomic mass is 28.4. The van der Waals surface area contributed by atoms with E-state index in [2.05, 4.69) is 0 Å². The van der Waals surface area contributed by atoms with Crippen LogP contribution in [0.1, 0.15) is 6.92 Å². The van der Waals surface area contributed by atoms with Crippen molar-refractivity contribution in [2.75, 3.05) is 0 Å². The Hall–Kier alpha value is 0.0169. The molecule has 0 aliphatic carbocycles. The maximum absolute atomic E-state index is 9.65. The zero-order valence-electron chi connectivity index (χ0n) is 9.54. The minimum absolute atomic E-state index is 0.537. The van der Waals surface area contributed by atoms with Crippen molar-refractivity contribution in [3.8, 4) is 0 Å². The van der Waals surface area contributed by atoms with Gasteiger partial charge >= 0.3 is 0 Å². The molecule has 0 radical (unpaired) electrons. The molecule has 1 fully saturated rings. The van der Waals surface area contributed by atoms with Crippen LogP contribution in [0.2, 0.25) is 19.6 Å². The molecule has 0 bridgehead atoms. The molecular weight excluding hydrogens is 216 g/mol. The summed E-state index contributed by atoms with van der Waals surface area (Å²) in [5, 5.41) is 28.6. The smallest absolute Gasteiger partial charge is 0.187 e. The van der Waals surface area contributed by atoms with E-state index >= 15 is 0 Å². The van der Waals surface area contributed by atoms with Crippen LogP contribution in [-0.4, -0.2) is 54.3 Å². The first kappa shape index (κ1) is 13.1. The van der Waals surface area contributed by atoms with Gasteiger partial charge in [-0.25, -0.2) is 0 Å². The molecule has 1 heterocycles. The molecule has 0 spiro atoms. The standard InChI is InChI=1S/C9H20O5Si/c1-5-6(10)7(11)8(12)9(13-5)14-15(2,3)4/h5-12H,1-4H3/t5-,6-,7+,8+,9+/m0/s1. The Morgan fingerprint density at radius 3 is 2.00 bits per heavy atom. The fourth-order valence-corrected chi connectivity index (χ4v) is 2.35. The normalized spacial score (nSPS) is 43.0. The highest BCUT2D eigenvalue weighted by Crippen LogP contribution is 2.24. The van der Waals surface area contributed by atoms with Crippen LogP contribution in [0, 0.1) is 0 Å². The van der Waals surface area contributed by atoms with E-state index in [0.29, 0.717) is 0 Å². The minimum Gasteiger partial charge on any atom is -0.391 e. The van der Waals surface area contributed by atoms with Gasteiger partial charge in [-0.15, -0.1) is 0 Å². The van der Waals surface area contributed by atoms with Gasteiger partial charge in [-0.05, 0) is 26.6 Å². The van der Waals surface area contributed by atoms with E-state index in [9.17, 15) is 15.3 Å². The van der Waals surface area contributed by atoms with Crippen molar-refractivity contribution in [3.63, 3.8) is 0 Å². The van der Waals surface area contributed by atoms with Crippen molar-refractivity contribution < 1.29 is 24.5 Å². The molecule has 1 aliphatic rings. The third-order valence-electron chi connectivity index (χ3n) is 2.28. The van der Waals surface area contributed by atoms with Gasteiger partial charge in [0.1, 0.15) is 18.3 Å². The summed E-state index contributed by atoms with van der Waals surface area (Å²) >= 11 is 0. The predicted octanol–water partition coefficient (Wildman–Crippen LogP) is -0.335. The van der Waals surface area contributed by atoms with Gasteiger partial charge in [-0.2, -0.15) is 0 Å². The van der Waals surface area contributed by atoms with Gasteiger partial charge in [0.15, 0.2) is 14.6 Å². The summed E-state index contributed by atoms with van der Waals surface area (Å²) < 4.78 is 10.9. The second-order valence-corrected chi connectivity index (χ2v) is 9.37. The lowest BCUT2D eigenvalue weighted by Crippen LogP contribution is -2.59. The van der Waals surface area contributed by atoms with Gasteiger partial charge in [0.05, 0.1) is 6.10 Å². The highest BCUT2D eigenvalue weighted by Gasteiger charge is 2.43. The van der Waals surface area contributed by atoms with Gasteiger partial charge in [0.25, 0.3) is 0 Å². The first-order chi connectivity index (χ1) is 6.72. The molecule has 1 rings (SSSR count). The molecule has 0 saturated carbocycles. The van der Waals surface area contributed by atoms with Crippen molar-refractivity contribution in [3.05, 3.63) is 0 Å². The van der Waals surface area contributed by atoms with E-state index in [1.807, 2.05) is 19.6 Å². The summed E-state index contributed by atoms with van der Waals surface area (Å²) in [5.41, 5.74) is 0. The molecule has 0 aromatic rings.